The predicted molar refractivity (Wildman–Crippen MR) is 65.8 cm³/mol. The van der Waals surface area contributed by atoms with E-state index in [1.807, 2.05) is 0 Å². The first-order valence-corrected chi connectivity index (χ1v) is 5.50. The lowest BCUT2D eigenvalue weighted by Crippen LogP contribution is -2.03. The number of aromatic carboxylic acids is 1. The third-order valence-corrected chi connectivity index (χ3v) is 2.50. The van der Waals surface area contributed by atoms with Gasteiger partial charge >= 0.3 is 5.97 Å². The molecular formula is C14H11FO4. The Bertz CT molecular complexity index is 593. The van der Waals surface area contributed by atoms with Crippen molar-refractivity contribution in [2.45, 2.75) is 6.61 Å². The number of ether oxygens (including phenoxy) is 1. The molecule has 4 nitrogen and oxygen atoms in total. The number of carboxylic acid groups (broad SMARTS) is 1. The second-order valence-corrected chi connectivity index (χ2v) is 3.90. The molecule has 5 heteroatoms. The monoisotopic (exact) mass is 262 g/mol. The van der Waals surface area contributed by atoms with Crippen LogP contribution in [0.5, 0.6) is 11.5 Å². The first-order chi connectivity index (χ1) is 9.06. The molecule has 0 spiro atoms. The van der Waals surface area contributed by atoms with Gasteiger partial charge in [-0.15, -0.1) is 0 Å². The lowest BCUT2D eigenvalue weighted by Gasteiger charge is -2.07. The fourth-order valence-electron chi connectivity index (χ4n) is 1.54. The highest BCUT2D eigenvalue weighted by molar-refractivity contribution is 5.88. The topological polar surface area (TPSA) is 66.8 Å². The van der Waals surface area contributed by atoms with E-state index in [1.165, 1.54) is 24.3 Å². The van der Waals surface area contributed by atoms with Gasteiger partial charge in [-0.05, 0) is 42.0 Å². The zero-order valence-electron chi connectivity index (χ0n) is 9.84. The number of rotatable bonds is 4. The predicted octanol–water partition coefficient (Wildman–Crippen LogP) is 2.81. The van der Waals surface area contributed by atoms with Crippen molar-refractivity contribution in [3.8, 4) is 11.5 Å². The molecule has 2 rings (SSSR count). The van der Waals surface area contributed by atoms with Crippen molar-refractivity contribution >= 4 is 5.97 Å². The number of phenols is 1. The van der Waals surface area contributed by atoms with E-state index >= 15 is 0 Å². The summed E-state index contributed by atoms with van der Waals surface area (Å²) in [6.45, 7) is 0.116. The summed E-state index contributed by atoms with van der Waals surface area (Å²) in [5.41, 5.74) is 0.165. The zero-order valence-corrected chi connectivity index (χ0v) is 9.84. The largest absolute Gasteiger partial charge is 0.508 e. The molecule has 98 valence electrons. The van der Waals surface area contributed by atoms with E-state index in [4.69, 9.17) is 14.9 Å². The average molecular weight is 262 g/mol. The van der Waals surface area contributed by atoms with Gasteiger partial charge in [0.25, 0.3) is 0 Å². The first-order valence-electron chi connectivity index (χ1n) is 5.50. The minimum atomic E-state index is -1.32. The average Bonchev–Trinajstić information content (AvgIpc) is 2.39. The van der Waals surface area contributed by atoms with Crippen LogP contribution in [-0.4, -0.2) is 16.2 Å². The van der Waals surface area contributed by atoms with Crippen LogP contribution in [0, 0.1) is 5.82 Å². The van der Waals surface area contributed by atoms with Crippen molar-refractivity contribution in [3.05, 3.63) is 59.4 Å². The molecule has 0 bridgehead atoms. The molecule has 0 aliphatic rings. The fraction of sp³-hybridized carbons (Fsp3) is 0.0714. The lowest BCUT2D eigenvalue weighted by molar-refractivity contribution is 0.0691. The molecule has 0 aliphatic heterocycles. The standard InChI is InChI=1S/C14H11FO4/c15-13-6-1-9(7-12(13)14(17)18)8-19-11-4-2-10(16)3-5-11/h1-7,16H,8H2,(H,17,18). The maximum absolute atomic E-state index is 13.2. The number of hydrogen-bond donors (Lipinski definition) is 2. The Kier molecular flexibility index (Phi) is 3.66. The normalized spacial score (nSPS) is 10.2. The van der Waals surface area contributed by atoms with Gasteiger partial charge in [0.15, 0.2) is 0 Å². The maximum Gasteiger partial charge on any atom is 0.338 e. The Balaban J connectivity index is 2.09. The summed E-state index contributed by atoms with van der Waals surface area (Å²) < 4.78 is 18.6. The van der Waals surface area contributed by atoms with Crippen LogP contribution < -0.4 is 4.74 Å². The highest BCUT2D eigenvalue weighted by atomic mass is 19.1. The Morgan fingerprint density at radius 3 is 2.47 bits per heavy atom. The van der Waals surface area contributed by atoms with Crippen LogP contribution in [0.3, 0.4) is 0 Å². The highest BCUT2D eigenvalue weighted by Gasteiger charge is 2.10. The molecule has 2 aromatic rings. The van der Waals surface area contributed by atoms with Crippen molar-refractivity contribution < 1.29 is 24.1 Å². The maximum atomic E-state index is 13.2. The summed E-state index contributed by atoms with van der Waals surface area (Å²) in [6.07, 6.45) is 0. The molecule has 0 aromatic heterocycles. The molecule has 0 heterocycles. The second-order valence-electron chi connectivity index (χ2n) is 3.90. The third-order valence-electron chi connectivity index (χ3n) is 2.50. The highest BCUT2D eigenvalue weighted by Crippen LogP contribution is 2.18. The van der Waals surface area contributed by atoms with Crippen LogP contribution in [0.25, 0.3) is 0 Å². The second kappa shape index (κ2) is 5.39. The Morgan fingerprint density at radius 2 is 1.84 bits per heavy atom. The van der Waals surface area contributed by atoms with Gasteiger partial charge in [-0.3, -0.25) is 0 Å². The molecule has 0 unspecified atom stereocenters. The van der Waals surface area contributed by atoms with Gasteiger partial charge in [0, 0.05) is 0 Å². The summed E-state index contributed by atoms with van der Waals surface area (Å²) in [5, 5.41) is 17.9. The summed E-state index contributed by atoms with van der Waals surface area (Å²) >= 11 is 0. The number of aromatic hydroxyl groups is 1. The van der Waals surface area contributed by atoms with Crippen molar-refractivity contribution in [1.82, 2.24) is 0 Å². The van der Waals surface area contributed by atoms with E-state index in [9.17, 15) is 9.18 Å². The van der Waals surface area contributed by atoms with Crippen LogP contribution in [0.1, 0.15) is 15.9 Å². The number of benzene rings is 2. The first kappa shape index (κ1) is 12.9. The molecule has 0 amide bonds. The number of carboxylic acids is 1. The quantitative estimate of drug-likeness (QED) is 0.889. The minimum absolute atomic E-state index is 0.116. The van der Waals surface area contributed by atoms with E-state index in [0.717, 1.165) is 6.07 Å². The SMILES string of the molecule is O=C(O)c1cc(COc2ccc(O)cc2)ccc1F. The smallest absolute Gasteiger partial charge is 0.338 e. The molecule has 0 atom stereocenters. The Hall–Kier alpha value is -2.56. The summed E-state index contributed by atoms with van der Waals surface area (Å²) in [7, 11) is 0. The van der Waals surface area contributed by atoms with E-state index in [-0.39, 0.29) is 17.9 Å². The van der Waals surface area contributed by atoms with Crippen LogP contribution in [0.4, 0.5) is 4.39 Å². The fourth-order valence-corrected chi connectivity index (χ4v) is 1.54. The molecule has 0 saturated carbocycles. The van der Waals surface area contributed by atoms with Crippen molar-refractivity contribution in [1.29, 1.82) is 0 Å². The molecule has 2 N–H and O–H groups in total. The van der Waals surface area contributed by atoms with Gasteiger partial charge in [0.1, 0.15) is 23.9 Å². The van der Waals surface area contributed by atoms with Gasteiger partial charge in [-0.1, -0.05) is 6.07 Å². The summed E-state index contributed by atoms with van der Waals surface area (Å²) in [4.78, 5) is 10.8. The van der Waals surface area contributed by atoms with Crippen LogP contribution >= 0.6 is 0 Å². The number of hydrogen-bond acceptors (Lipinski definition) is 3. The van der Waals surface area contributed by atoms with E-state index in [2.05, 4.69) is 0 Å². The van der Waals surface area contributed by atoms with Gasteiger partial charge in [-0.25, -0.2) is 9.18 Å². The van der Waals surface area contributed by atoms with Crippen molar-refractivity contribution in [2.75, 3.05) is 0 Å². The van der Waals surface area contributed by atoms with Crippen molar-refractivity contribution in [3.63, 3.8) is 0 Å². The van der Waals surface area contributed by atoms with Gasteiger partial charge in [0.05, 0.1) is 5.56 Å². The van der Waals surface area contributed by atoms with Gasteiger partial charge in [-0.2, -0.15) is 0 Å². The van der Waals surface area contributed by atoms with E-state index < -0.39 is 11.8 Å². The minimum Gasteiger partial charge on any atom is -0.508 e. The molecule has 0 radical (unpaired) electrons. The van der Waals surface area contributed by atoms with Crippen molar-refractivity contribution in [2.24, 2.45) is 0 Å². The molecule has 19 heavy (non-hydrogen) atoms. The lowest BCUT2D eigenvalue weighted by atomic mass is 10.1. The van der Waals surface area contributed by atoms with Crippen LogP contribution in [0.2, 0.25) is 0 Å². The summed E-state index contributed by atoms with van der Waals surface area (Å²) in [6, 6.07) is 9.90. The van der Waals surface area contributed by atoms with Gasteiger partial charge < -0.3 is 14.9 Å². The Labute approximate surface area is 108 Å². The molecule has 0 fully saturated rings. The van der Waals surface area contributed by atoms with Crippen LogP contribution in [-0.2, 0) is 6.61 Å². The molecular weight excluding hydrogens is 251 g/mol. The molecule has 2 aromatic carbocycles. The van der Waals surface area contributed by atoms with E-state index in [0.29, 0.717) is 11.3 Å². The number of phenolic OH excluding ortho intramolecular Hbond substituents is 1. The third kappa shape index (κ3) is 3.22. The Morgan fingerprint density at radius 1 is 1.16 bits per heavy atom. The summed E-state index contributed by atoms with van der Waals surface area (Å²) in [5.74, 6) is -1.44. The number of carbonyl (C=O) groups is 1. The molecule has 0 aliphatic carbocycles. The number of halogens is 1. The zero-order chi connectivity index (χ0) is 13.8. The van der Waals surface area contributed by atoms with Gasteiger partial charge in [0.2, 0.25) is 0 Å². The molecule has 0 saturated heterocycles. The van der Waals surface area contributed by atoms with E-state index in [1.54, 1.807) is 12.1 Å². The van der Waals surface area contributed by atoms with Crippen LogP contribution in [0.15, 0.2) is 42.5 Å².